The standard InChI is InChI=1S/C49H43NO2Si/c1-4-50-44(49(28-14-15-29-49)45-33(2)22-23-34(3)46(45)50)27-26-41-47(51)42-31-35-24-25-40(30-36(35)32-43(42)48(41)52)53(37-16-8-5-9-17-37,38-18-10-6-11-19-38)39-20-12-7-13-21-39/h5-13,16-27,30-32H,4,14-15,28-29H2,1-3H3/b41-26-,44-27-. The maximum Gasteiger partial charge on any atom is 0.197 e. The van der Waals surface area contributed by atoms with Crippen LogP contribution in [0.1, 0.15) is 70.0 Å². The number of nitrogens with zero attached hydrogens (tertiary/aromatic N) is 1. The van der Waals surface area contributed by atoms with Crippen molar-refractivity contribution >= 4 is 56.8 Å². The van der Waals surface area contributed by atoms with Crippen molar-refractivity contribution in [2.45, 2.75) is 51.9 Å². The van der Waals surface area contributed by atoms with Crippen molar-refractivity contribution in [3.63, 3.8) is 0 Å². The van der Waals surface area contributed by atoms with Crippen molar-refractivity contribution in [1.82, 2.24) is 0 Å². The Morgan fingerprint density at radius 2 is 1.13 bits per heavy atom. The summed E-state index contributed by atoms with van der Waals surface area (Å²) in [5.41, 5.74) is 7.78. The van der Waals surface area contributed by atoms with E-state index in [-0.39, 0.29) is 22.6 Å². The first-order valence-electron chi connectivity index (χ1n) is 19.0. The number of aryl methyl sites for hydroxylation is 2. The molecule has 9 rings (SSSR count). The van der Waals surface area contributed by atoms with Crippen LogP contribution in [0.5, 0.6) is 0 Å². The molecule has 0 unspecified atom stereocenters. The smallest absolute Gasteiger partial charge is 0.197 e. The number of hydrogen-bond donors (Lipinski definition) is 0. The van der Waals surface area contributed by atoms with E-state index in [4.69, 9.17) is 0 Å². The average molecular weight is 706 g/mol. The number of rotatable bonds is 6. The van der Waals surface area contributed by atoms with Gasteiger partial charge in [-0.1, -0.05) is 134 Å². The van der Waals surface area contributed by atoms with Crippen molar-refractivity contribution in [3.05, 3.63) is 185 Å². The minimum Gasteiger partial charge on any atom is -0.344 e. The van der Waals surface area contributed by atoms with Crippen LogP contribution in [0.3, 0.4) is 0 Å². The molecule has 0 atom stereocenters. The van der Waals surface area contributed by atoms with E-state index in [2.05, 4.69) is 153 Å². The molecular weight excluding hydrogens is 663 g/mol. The molecule has 0 aromatic heterocycles. The maximum atomic E-state index is 14.3. The van der Waals surface area contributed by atoms with Crippen LogP contribution in [0.2, 0.25) is 0 Å². The molecule has 0 bridgehead atoms. The SMILES string of the molecule is CCN1/C(=C\C=C2\C(=O)c3cc4ccc([Si](c5ccccc5)(c5ccccc5)c5ccccc5)cc4cc3C2=O)C2(CCCC2)c2c(C)ccc(C)c21. The highest BCUT2D eigenvalue weighted by Gasteiger charge is 2.49. The lowest BCUT2D eigenvalue weighted by Crippen LogP contribution is -2.74. The summed E-state index contributed by atoms with van der Waals surface area (Å²) in [4.78, 5) is 30.8. The summed E-state index contributed by atoms with van der Waals surface area (Å²) in [6.07, 6.45) is 8.49. The lowest BCUT2D eigenvalue weighted by Gasteiger charge is -2.34. The molecule has 0 amide bonds. The number of hydrogen-bond acceptors (Lipinski definition) is 3. The number of allylic oxidation sites excluding steroid dienone is 4. The molecule has 2 aliphatic carbocycles. The molecule has 53 heavy (non-hydrogen) atoms. The van der Waals surface area contributed by atoms with Gasteiger partial charge in [0.1, 0.15) is 0 Å². The van der Waals surface area contributed by atoms with Gasteiger partial charge in [-0.3, -0.25) is 9.59 Å². The average Bonchev–Trinajstić information content (AvgIpc) is 3.86. The number of carbonyl (C=O) groups is 2. The normalized spacial score (nSPS) is 17.8. The van der Waals surface area contributed by atoms with E-state index >= 15 is 0 Å². The predicted molar refractivity (Wildman–Crippen MR) is 221 cm³/mol. The maximum absolute atomic E-state index is 14.3. The first-order valence-corrected chi connectivity index (χ1v) is 21.0. The van der Waals surface area contributed by atoms with Crippen LogP contribution in [-0.4, -0.2) is 26.2 Å². The van der Waals surface area contributed by atoms with E-state index in [1.807, 2.05) is 18.2 Å². The van der Waals surface area contributed by atoms with E-state index < -0.39 is 8.07 Å². The van der Waals surface area contributed by atoms with Crippen LogP contribution in [0, 0.1) is 13.8 Å². The highest BCUT2D eigenvalue weighted by Crippen LogP contribution is 2.58. The Labute approximate surface area is 313 Å². The van der Waals surface area contributed by atoms with Crippen molar-refractivity contribution < 1.29 is 9.59 Å². The molecule has 0 radical (unpaired) electrons. The van der Waals surface area contributed by atoms with Crippen molar-refractivity contribution in [2.24, 2.45) is 0 Å². The van der Waals surface area contributed by atoms with Gasteiger partial charge in [0.05, 0.1) is 5.57 Å². The fraction of sp³-hybridized carbons (Fsp3) is 0.184. The monoisotopic (exact) mass is 705 g/mol. The van der Waals surface area contributed by atoms with E-state index in [0.29, 0.717) is 11.1 Å². The van der Waals surface area contributed by atoms with Gasteiger partial charge in [0.25, 0.3) is 0 Å². The first kappa shape index (κ1) is 33.3. The third kappa shape index (κ3) is 4.92. The fourth-order valence-electron chi connectivity index (χ4n) is 10.00. The quantitative estimate of drug-likeness (QED) is 0.0757. The largest absolute Gasteiger partial charge is 0.344 e. The predicted octanol–water partition coefficient (Wildman–Crippen LogP) is 8.38. The fourth-order valence-corrected chi connectivity index (χ4v) is 14.8. The molecule has 0 saturated heterocycles. The van der Waals surface area contributed by atoms with Crippen LogP contribution in [0.25, 0.3) is 10.8 Å². The summed E-state index contributed by atoms with van der Waals surface area (Å²) in [5.74, 6) is -0.362. The molecule has 6 aromatic rings. The third-order valence-corrected chi connectivity index (χ3v) is 17.1. The summed E-state index contributed by atoms with van der Waals surface area (Å²) in [6.45, 7) is 7.47. The third-order valence-electron chi connectivity index (χ3n) is 12.3. The zero-order valence-corrected chi connectivity index (χ0v) is 31.7. The highest BCUT2D eigenvalue weighted by atomic mass is 28.3. The Hall–Kier alpha value is -5.58. The Bertz CT molecular complexity index is 2390. The van der Waals surface area contributed by atoms with Gasteiger partial charge in [-0.2, -0.15) is 0 Å². The van der Waals surface area contributed by atoms with Gasteiger partial charge in [-0.05, 0) is 106 Å². The minimum absolute atomic E-state index is 0.0756. The molecule has 1 aliphatic heterocycles. The second-order valence-corrected chi connectivity index (χ2v) is 18.9. The van der Waals surface area contributed by atoms with Gasteiger partial charge in [0.2, 0.25) is 0 Å². The molecule has 4 heteroatoms. The number of anilines is 1. The molecule has 1 saturated carbocycles. The summed E-state index contributed by atoms with van der Waals surface area (Å²) < 4.78 is 0. The zero-order chi connectivity index (χ0) is 36.3. The molecule has 1 fully saturated rings. The highest BCUT2D eigenvalue weighted by molar-refractivity contribution is 7.20. The number of ketones is 2. The van der Waals surface area contributed by atoms with E-state index in [0.717, 1.165) is 30.2 Å². The van der Waals surface area contributed by atoms with Gasteiger partial charge in [0, 0.05) is 34.5 Å². The number of benzene rings is 6. The molecule has 260 valence electrons. The van der Waals surface area contributed by atoms with E-state index in [9.17, 15) is 9.59 Å². The zero-order valence-electron chi connectivity index (χ0n) is 30.7. The van der Waals surface area contributed by atoms with Crippen molar-refractivity contribution in [3.8, 4) is 0 Å². The second-order valence-electron chi connectivity index (χ2n) is 15.1. The molecule has 1 spiro atoms. The summed E-state index contributed by atoms with van der Waals surface area (Å²) in [6, 6.07) is 47.6. The van der Waals surface area contributed by atoms with Gasteiger partial charge >= 0.3 is 0 Å². The molecule has 1 heterocycles. The van der Waals surface area contributed by atoms with Crippen molar-refractivity contribution in [1.29, 1.82) is 0 Å². The van der Waals surface area contributed by atoms with Gasteiger partial charge < -0.3 is 4.90 Å². The lowest BCUT2D eigenvalue weighted by atomic mass is 9.75. The van der Waals surface area contributed by atoms with Crippen molar-refractivity contribution in [2.75, 3.05) is 11.4 Å². The summed E-state index contributed by atoms with van der Waals surface area (Å²) in [7, 11) is -2.75. The van der Waals surface area contributed by atoms with Gasteiger partial charge in [-0.15, -0.1) is 0 Å². The first-order chi connectivity index (χ1) is 25.9. The molecule has 0 N–H and O–H groups in total. The van der Waals surface area contributed by atoms with Crippen LogP contribution in [-0.2, 0) is 5.41 Å². The minimum atomic E-state index is -2.75. The van der Waals surface area contributed by atoms with Crippen LogP contribution < -0.4 is 25.6 Å². The number of carbonyl (C=O) groups excluding carboxylic acids is 2. The number of fused-ring (bicyclic) bond motifs is 4. The molecule has 3 nitrogen and oxygen atoms in total. The molecule has 3 aliphatic rings. The Morgan fingerprint density at radius 3 is 1.68 bits per heavy atom. The molecule has 6 aromatic carbocycles. The van der Waals surface area contributed by atoms with Crippen LogP contribution in [0.15, 0.2) is 157 Å². The Balaban J connectivity index is 1.17. The van der Waals surface area contributed by atoms with E-state index in [1.165, 1.54) is 61.7 Å². The Morgan fingerprint density at radius 1 is 0.604 bits per heavy atom. The number of likely N-dealkylation sites (N-methyl/N-ethyl adjacent to an activating group) is 1. The second kappa shape index (κ2) is 12.8. The van der Waals surface area contributed by atoms with Gasteiger partial charge in [-0.25, -0.2) is 0 Å². The molecular formula is C49H43NO2Si. The topological polar surface area (TPSA) is 37.4 Å². The number of Topliss-reactive ketones (excluding diaryl/α,β-unsaturated/α-hetero) is 2. The van der Waals surface area contributed by atoms with Crippen LogP contribution >= 0.6 is 0 Å². The Kier molecular flexibility index (Phi) is 8.05. The summed E-state index contributed by atoms with van der Waals surface area (Å²) in [5, 5.41) is 7.05. The lowest BCUT2D eigenvalue weighted by molar-refractivity contribution is 0.0988. The van der Waals surface area contributed by atoms with E-state index in [1.54, 1.807) is 0 Å². The summed E-state index contributed by atoms with van der Waals surface area (Å²) >= 11 is 0. The van der Waals surface area contributed by atoms with Gasteiger partial charge in [0.15, 0.2) is 19.6 Å². The van der Waals surface area contributed by atoms with Crippen LogP contribution in [0.4, 0.5) is 5.69 Å².